The molecule has 1 N–H and O–H groups in total. The predicted molar refractivity (Wildman–Crippen MR) is 108 cm³/mol. The van der Waals surface area contributed by atoms with Crippen molar-refractivity contribution < 1.29 is 19.3 Å². The van der Waals surface area contributed by atoms with Crippen LogP contribution in [0, 0.1) is 5.41 Å². The molecule has 4 rings (SSSR count). The van der Waals surface area contributed by atoms with E-state index in [4.69, 9.17) is 14.2 Å². The van der Waals surface area contributed by atoms with E-state index < -0.39 is 0 Å². The highest BCUT2D eigenvalue weighted by atomic mass is 16.6. The Morgan fingerprint density at radius 2 is 1.93 bits per heavy atom. The summed E-state index contributed by atoms with van der Waals surface area (Å²) < 4.78 is 16.7. The van der Waals surface area contributed by atoms with Gasteiger partial charge in [0.25, 0.3) is 0 Å². The molecule has 5 heteroatoms. The van der Waals surface area contributed by atoms with Gasteiger partial charge in [-0.2, -0.15) is 0 Å². The maximum Gasteiger partial charge on any atom is 0.161 e. The second-order valence-electron chi connectivity index (χ2n) is 7.98. The van der Waals surface area contributed by atoms with Gasteiger partial charge in [0.1, 0.15) is 19.0 Å². The molecule has 1 fully saturated rings. The highest BCUT2D eigenvalue weighted by Gasteiger charge is 2.35. The summed E-state index contributed by atoms with van der Waals surface area (Å²) in [5.41, 5.74) is 2.33. The number of piperidine rings is 1. The summed E-state index contributed by atoms with van der Waals surface area (Å²) in [4.78, 5) is 2.45. The van der Waals surface area contributed by atoms with Crippen molar-refractivity contribution >= 4 is 0 Å². The van der Waals surface area contributed by atoms with E-state index in [-0.39, 0.29) is 12.0 Å². The third-order valence-corrected chi connectivity index (χ3v) is 5.80. The first kappa shape index (κ1) is 19.1. The molecule has 28 heavy (non-hydrogen) atoms. The summed E-state index contributed by atoms with van der Waals surface area (Å²) in [6, 6.07) is 14.4. The topological polar surface area (TPSA) is 51.2 Å². The Balaban J connectivity index is 1.46. The lowest BCUT2D eigenvalue weighted by Crippen LogP contribution is -2.46. The molecule has 0 aliphatic carbocycles. The first-order valence-corrected chi connectivity index (χ1v) is 10.0. The maximum absolute atomic E-state index is 10.3. The Hall–Kier alpha value is -2.24. The average molecular weight is 383 g/mol. The van der Waals surface area contributed by atoms with Crippen LogP contribution in [-0.2, 0) is 13.0 Å². The molecule has 0 aromatic heterocycles. The van der Waals surface area contributed by atoms with Crippen LogP contribution in [0.1, 0.15) is 24.0 Å². The summed E-state index contributed by atoms with van der Waals surface area (Å²) in [5.74, 6) is 2.54. The zero-order valence-electron chi connectivity index (χ0n) is 16.5. The van der Waals surface area contributed by atoms with Crippen molar-refractivity contribution in [2.75, 3.05) is 40.0 Å². The molecule has 150 valence electrons. The lowest BCUT2D eigenvalue weighted by Gasteiger charge is -2.42. The minimum Gasteiger partial charge on any atom is -0.497 e. The van der Waals surface area contributed by atoms with Crippen molar-refractivity contribution in [3.8, 4) is 17.2 Å². The van der Waals surface area contributed by atoms with Crippen LogP contribution in [-0.4, -0.2) is 50.0 Å². The van der Waals surface area contributed by atoms with E-state index in [0.29, 0.717) is 13.2 Å². The van der Waals surface area contributed by atoms with Gasteiger partial charge >= 0.3 is 0 Å². The van der Waals surface area contributed by atoms with Crippen LogP contribution in [0.5, 0.6) is 17.2 Å². The van der Waals surface area contributed by atoms with Crippen LogP contribution in [0.2, 0.25) is 0 Å². The van der Waals surface area contributed by atoms with E-state index >= 15 is 0 Å². The Labute approximate surface area is 166 Å². The third-order valence-electron chi connectivity index (χ3n) is 5.80. The molecule has 2 heterocycles. The third kappa shape index (κ3) is 4.26. The molecule has 0 spiro atoms. The standard InChI is InChI=1S/C23H29NO4/c1-26-20-5-2-4-18(12-20)14-23(17-25)8-3-9-24(16-23)15-19-6-7-21-22(13-19)28-11-10-27-21/h2,4-7,12-13,25H,3,8-11,14-17H2,1H3/t23-/m1/s1. The summed E-state index contributed by atoms with van der Waals surface area (Å²) in [6.45, 7) is 4.21. The second kappa shape index (κ2) is 8.41. The van der Waals surface area contributed by atoms with Gasteiger partial charge in [0.15, 0.2) is 11.5 Å². The SMILES string of the molecule is COc1cccc(C[C@]2(CO)CCCN(Cc3ccc4c(c3)OCCO4)C2)c1. The van der Waals surface area contributed by atoms with Crippen LogP contribution in [0.4, 0.5) is 0 Å². The van der Waals surface area contributed by atoms with E-state index in [2.05, 4.69) is 29.2 Å². The largest absolute Gasteiger partial charge is 0.497 e. The fourth-order valence-electron chi connectivity index (χ4n) is 4.43. The number of ether oxygens (including phenoxy) is 3. The minimum absolute atomic E-state index is 0.113. The van der Waals surface area contributed by atoms with E-state index in [1.807, 2.05) is 18.2 Å². The van der Waals surface area contributed by atoms with Crippen molar-refractivity contribution in [3.63, 3.8) is 0 Å². The zero-order valence-corrected chi connectivity index (χ0v) is 16.5. The molecule has 0 unspecified atom stereocenters. The van der Waals surface area contributed by atoms with Gasteiger partial charge in [0.2, 0.25) is 0 Å². The molecule has 2 aromatic carbocycles. The molecule has 0 radical (unpaired) electrons. The van der Waals surface area contributed by atoms with Gasteiger partial charge in [-0.05, 0) is 61.2 Å². The fraction of sp³-hybridized carbons (Fsp3) is 0.478. The molecule has 2 aromatic rings. The summed E-state index contributed by atoms with van der Waals surface area (Å²) >= 11 is 0. The molecule has 1 saturated heterocycles. The van der Waals surface area contributed by atoms with Gasteiger partial charge in [-0.25, -0.2) is 0 Å². The van der Waals surface area contributed by atoms with Crippen molar-refractivity contribution in [2.24, 2.45) is 5.41 Å². The number of likely N-dealkylation sites (tertiary alicyclic amines) is 1. The Kier molecular flexibility index (Phi) is 5.74. The summed E-state index contributed by atoms with van der Waals surface area (Å²) in [5, 5.41) is 10.3. The predicted octanol–water partition coefficient (Wildman–Crippen LogP) is 3.28. The molecular weight excluding hydrogens is 354 g/mol. The number of aliphatic hydroxyl groups is 1. The quantitative estimate of drug-likeness (QED) is 0.830. The number of benzene rings is 2. The number of nitrogens with zero attached hydrogens (tertiary/aromatic N) is 1. The van der Waals surface area contributed by atoms with E-state index in [1.54, 1.807) is 7.11 Å². The number of hydrogen-bond acceptors (Lipinski definition) is 5. The summed E-state index contributed by atoms with van der Waals surface area (Å²) in [6.07, 6.45) is 2.99. The normalized spacial score (nSPS) is 22.1. The average Bonchev–Trinajstić information content (AvgIpc) is 2.74. The van der Waals surface area contributed by atoms with Gasteiger partial charge in [-0.15, -0.1) is 0 Å². The highest BCUT2D eigenvalue weighted by Crippen LogP contribution is 2.36. The van der Waals surface area contributed by atoms with Gasteiger partial charge < -0.3 is 19.3 Å². The monoisotopic (exact) mass is 383 g/mol. The van der Waals surface area contributed by atoms with Crippen molar-refractivity contribution in [3.05, 3.63) is 53.6 Å². The smallest absolute Gasteiger partial charge is 0.161 e. The number of hydrogen-bond donors (Lipinski definition) is 1. The van der Waals surface area contributed by atoms with Crippen LogP contribution < -0.4 is 14.2 Å². The van der Waals surface area contributed by atoms with Gasteiger partial charge in [0.05, 0.1) is 13.7 Å². The first-order chi connectivity index (χ1) is 13.7. The van der Waals surface area contributed by atoms with E-state index in [1.165, 1.54) is 11.1 Å². The van der Waals surface area contributed by atoms with Gasteiger partial charge in [-0.1, -0.05) is 18.2 Å². The van der Waals surface area contributed by atoms with Crippen LogP contribution in [0.15, 0.2) is 42.5 Å². The molecule has 5 nitrogen and oxygen atoms in total. The number of aliphatic hydroxyl groups excluding tert-OH is 1. The minimum atomic E-state index is -0.113. The number of fused-ring (bicyclic) bond motifs is 1. The van der Waals surface area contributed by atoms with Crippen molar-refractivity contribution in [1.29, 1.82) is 0 Å². The van der Waals surface area contributed by atoms with Crippen LogP contribution in [0.25, 0.3) is 0 Å². The second-order valence-corrected chi connectivity index (χ2v) is 7.98. The first-order valence-electron chi connectivity index (χ1n) is 10.0. The number of methoxy groups -OCH3 is 1. The van der Waals surface area contributed by atoms with Crippen molar-refractivity contribution in [1.82, 2.24) is 4.90 Å². The lowest BCUT2D eigenvalue weighted by atomic mass is 9.75. The number of rotatable bonds is 6. The Bertz CT molecular complexity index is 809. The van der Waals surface area contributed by atoms with Crippen LogP contribution >= 0.6 is 0 Å². The molecule has 2 aliphatic heterocycles. The molecule has 2 aliphatic rings. The van der Waals surface area contributed by atoms with Crippen molar-refractivity contribution in [2.45, 2.75) is 25.8 Å². The lowest BCUT2D eigenvalue weighted by molar-refractivity contribution is 0.0287. The molecule has 1 atom stereocenters. The summed E-state index contributed by atoms with van der Waals surface area (Å²) in [7, 11) is 1.69. The molecule has 0 amide bonds. The van der Waals surface area contributed by atoms with Gasteiger partial charge in [0, 0.05) is 18.5 Å². The van der Waals surface area contributed by atoms with E-state index in [9.17, 15) is 5.11 Å². The van der Waals surface area contributed by atoms with Crippen LogP contribution in [0.3, 0.4) is 0 Å². The zero-order chi connectivity index (χ0) is 19.4. The molecule has 0 saturated carbocycles. The maximum atomic E-state index is 10.3. The Morgan fingerprint density at radius 3 is 2.75 bits per heavy atom. The fourth-order valence-corrected chi connectivity index (χ4v) is 4.43. The molecular formula is C23H29NO4. The van der Waals surface area contributed by atoms with E-state index in [0.717, 1.165) is 56.1 Å². The Morgan fingerprint density at radius 1 is 1.07 bits per heavy atom. The molecule has 0 bridgehead atoms. The highest BCUT2D eigenvalue weighted by molar-refractivity contribution is 5.43. The van der Waals surface area contributed by atoms with Gasteiger partial charge in [-0.3, -0.25) is 4.90 Å².